The zero-order chi connectivity index (χ0) is 30.1. The lowest BCUT2D eigenvalue weighted by molar-refractivity contribution is -0.114. The molecule has 3 aromatic heterocycles. The van der Waals surface area contributed by atoms with Crippen molar-refractivity contribution in [1.29, 1.82) is 0 Å². The molecule has 1 aliphatic rings. The van der Waals surface area contributed by atoms with Gasteiger partial charge in [-0.2, -0.15) is 8.78 Å². The number of pyridine rings is 1. The Balaban J connectivity index is 1.20. The second-order valence-electron chi connectivity index (χ2n) is 9.82. The first kappa shape index (κ1) is 28.0. The highest BCUT2D eigenvalue weighted by molar-refractivity contribution is 5.94. The molecule has 1 unspecified atom stereocenters. The van der Waals surface area contributed by atoms with Gasteiger partial charge >= 0.3 is 6.55 Å². The van der Waals surface area contributed by atoms with Crippen molar-refractivity contribution >= 4 is 28.6 Å². The number of nitrogens with one attached hydrogen (secondary N) is 1. The quantitative estimate of drug-likeness (QED) is 0.299. The van der Waals surface area contributed by atoms with Crippen LogP contribution in [0.1, 0.15) is 41.4 Å². The number of alkyl halides is 2. The lowest BCUT2D eigenvalue weighted by atomic mass is 10.0. The highest BCUT2D eigenvalue weighted by Gasteiger charge is 2.32. The summed E-state index contributed by atoms with van der Waals surface area (Å²) >= 11 is 0. The largest absolute Gasteiger partial charge is 0.436 e. The van der Waals surface area contributed by atoms with Crippen LogP contribution in [0.4, 0.5) is 18.9 Å². The minimum atomic E-state index is -2.92. The van der Waals surface area contributed by atoms with Crippen LogP contribution in [-0.2, 0) is 4.79 Å². The summed E-state index contributed by atoms with van der Waals surface area (Å²) in [7, 11) is 0. The first-order valence-corrected chi connectivity index (χ1v) is 13.3. The maximum atomic E-state index is 14.8. The molecule has 1 aliphatic heterocycles. The lowest BCUT2D eigenvalue weighted by Crippen LogP contribution is -2.50. The fourth-order valence-corrected chi connectivity index (χ4v) is 4.98. The number of hydrogen-bond donors (Lipinski definition) is 1. The van der Waals surface area contributed by atoms with Gasteiger partial charge in [0.2, 0.25) is 11.8 Å². The van der Waals surface area contributed by atoms with Crippen molar-refractivity contribution in [3.63, 3.8) is 0 Å². The maximum absolute atomic E-state index is 14.8. The third-order valence-corrected chi connectivity index (χ3v) is 6.96. The molecule has 0 saturated carbocycles. The van der Waals surface area contributed by atoms with Crippen LogP contribution >= 0.6 is 0 Å². The monoisotopic (exact) mass is 591 g/mol. The average Bonchev–Trinajstić information content (AvgIpc) is 3.66. The van der Waals surface area contributed by atoms with Gasteiger partial charge in [-0.15, -0.1) is 10.2 Å². The summed E-state index contributed by atoms with van der Waals surface area (Å²) in [5, 5.41) is 13.9. The normalized spacial score (nSPS) is 14.8. The molecule has 1 fully saturated rings. The second-order valence-corrected chi connectivity index (χ2v) is 9.82. The number of carbonyl (C=O) groups excluding carboxylic acids is 2. The molecule has 0 radical (unpaired) electrons. The van der Waals surface area contributed by atoms with E-state index in [0.717, 1.165) is 11.8 Å². The Labute approximate surface area is 242 Å². The van der Waals surface area contributed by atoms with Gasteiger partial charge in [-0.25, -0.2) is 14.4 Å². The number of rotatable bonds is 7. The summed E-state index contributed by atoms with van der Waals surface area (Å²) in [4.78, 5) is 37.0. The molecule has 5 aromatic rings. The fourth-order valence-electron chi connectivity index (χ4n) is 4.98. The number of halogens is 3. The molecule has 4 heterocycles. The van der Waals surface area contributed by atoms with Crippen LogP contribution in [0.5, 0.6) is 0 Å². The standard InChI is InChI=1S/C28H24F3N9O3/c1-16(41)33-18-7-8-23-21(13-18)34-26(43-23)19-14-22(32-15-20(19)29)27(42)39-11-9-38(10-12-39)24(17-5-3-2-4-6-17)25-35-37-40(36-25)28(30)31/h2-8,13-15,24,28H,9-12H2,1H3,(H,33,41). The maximum Gasteiger partial charge on any atom is 0.350 e. The Morgan fingerprint density at radius 1 is 1.02 bits per heavy atom. The molecule has 1 saturated heterocycles. The minimum Gasteiger partial charge on any atom is -0.436 e. The van der Waals surface area contributed by atoms with E-state index >= 15 is 0 Å². The summed E-state index contributed by atoms with van der Waals surface area (Å²) < 4.78 is 46.9. The molecule has 12 nitrogen and oxygen atoms in total. The number of piperazine rings is 1. The topological polar surface area (TPSA) is 135 Å². The van der Waals surface area contributed by atoms with E-state index in [4.69, 9.17) is 4.42 Å². The van der Waals surface area contributed by atoms with Crippen molar-refractivity contribution < 1.29 is 27.2 Å². The van der Waals surface area contributed by atoms with Crippen LogP contribution in [0.25, 0.3) is 22.6 Å². The van der Waals surface area contributed by atoms with Crippen molar-refractivity contribution in [2.24, 2.45) is 0 Å². The summed E-state index contributed by atoms with van der Waals surface area (Å²) in [6.45, 7) is -0.210. The Hall–Kier alpha value is -5.18. The SMILES string of the molecule is CC(=O)Nc1ccc2oc(-c3cc(C(=O)N4CCN(C(c5ccccc5)c5nnn(C(F)F)n5)CC4)ncc3F)nc2c1. The minimum absolute atomic E-state index is 0.00666. The van der Waals surface area contributed by atoms with E-state index in [1.807, 2.05) is 35.2 Å². The molecule has 0 aliphatic carbocycles. The van der Waals surface area contributed by atoms with E-state index < -0.39 is 24.3 Å². The summed E-state index contributed by atoms with van der Waals surface area (Å²) in [5.41, 5.74) is 2.05. The van der Waals surface area contributed by atoms with Crippen molar-refractivity contribution in [3.8, 4) is 11.5 Å². The molecule has 43 heavy (non-hydrogen) atoms. The van der Waals surface area contributed by atoms with Crippen LogP contribution in [-0.4, -0.2) is 78.0 Å². The van der Waals surface area contributed by atoms with Crippen molar-refractivity contribution in [2.45, 2.75) is 19.5 Å². The molecular weight excluding hydrogens is 567 g/mol. The molecule has 0 bridgehead atoms. The zero-order valence-corrected chi connectivity index (χ0v) is 22.7. The highest BCUT2D eigenvalue weighted by Crippen LogP contribution is 2.30. The Morgan fingerprint density at radius 2 is 1.79 bits per heavy atom. The smallest absolute Gasteiger partial charge is 0.350 e. The zero-order valence-electron chi connectivity index (χ0n) is 22.7. The molecule has 6 rings (SSSR count). The number of tetrazole rings is 1. The van der Waals surface area contributed by atoms with Crippen LogP contribution < -0.4 is 5.32 Å². The van der Waals surface area contributed by atoms with Crippen LogP contribution in [0.2, 0.25) is 0 Å². The number of nitrogens with zero attached hydrogens (tertiary/aromatic N) is 8. The molecule has 2 aromatic carbocycles. The Bertz CT molecular complexity index is 1790. The first-order chi connectivity index (χ1) is 20.8. The number of amides is 2. The van der Waals surface area contributed by atoms with E-state index in [2.05, 4.69) is 30.7 Å². The van der Waals surface area contributed by atoms with E-state index in [1.54, 1.807) is 23.1 Å². The molecular formula is C28H24F3N9O3. The second kappa shape index (κ2) is 11.6. The van der Waals surface area contributed by atoms with Crippen LogP contribution in [0.15, 0.2) is 65.2 Å². The number of anilines is 1. The van der Waals surface area contributed by atoms with Gasteiger partial charge in [-0.05, 0) is 35.0 Å². The lowest BCUT2D eigenvalue weighted by Gasteiger charge is -2.38. The van der Waals surface area contributed by atoms with E-state index in [-0.39, 0.29) is 46.8 Å². The average molecular weight is 592 g/mol. The number of oxazole rings is 1. The molecule has 15 heteroatoms. The number of hydrogen-bond acceptors (Lipinski definition) is 9. The van der Waals surface area contributed by atoms with Gasteiger partial charge in [0.1, 0.15) is 11.2 Å². The van der Waals surface area contributed by atoms with Gasteiger partial charge in [0.15, 0.2) is 17.2 Å². The summed E-state index contributed by atoms with van der Waals surface area (Å²) in [6.07, 6.45) is 0.944. The Kier molecular flexibility index (Phi) is 7.54. The van der Waals surface area contributed by atoms with Crippen molar-refractivity contribution in [3.05, 3.63) is 83.7 Å². The third kappa shape index (κ3) is 5.79. The molecule has 220 valence electrons. The van der Waals surface area contributed by atoms with Crippen molar-refractivity contribution in [2.75, 3.05) is 31.5 Å². The molecule has 0 spiro atoms. The van der Waals surface area contributed by atoms with E-state index in [1.165, 1.54) is 13.0 Å². The van der Waals surface area contributed by atoms with Gasteiger partial charge < -0.3 is 14.6 Å². The third-order valence-electron chi connectivity index (χ3n) is 6.96. The summed E-state index contributed by atoms with van der Waals surface area (Å²) in [6, 6.07) is 14.8. The van der Waals surface area contributed by atoms with Gasteiger partial charge in [0, 0.05) is 38.8 Å². The van der Waals surface area contributed by atoms with Gasteiger partial charge in [-0.3, -0.25) is 14.5 Å². The van der Waals surface area contributed by atoms with E-state index in [9.17, 15) is 22.8 Å². The number of fused-ring (bicyclic) bond motifs is 1. The first-order valence-electron chi connectivity index (χ1n) is 13.3. The Morgan fingerprint density at radius 3 is 2.49 bits per heavy atom. The highest BCUT2D eigenvalue weighted by atomic mass is 19.3. The van der Waals surface area contributed by atoms with Gasteiger partial charge in [-0.1, -0.05) is 35.1 Å². The number of aromatic nitrogens is 6. The molecule has 1 N–H and O–H groups in total. The number of benzene rings is 2. The predicted octanol–water partition coefficient (Wildman–Crippen LogP) is 3.92. The van der Waals surface area contributed by atoms with Crippen LogP contribution in [0.3, 0.4) is 0 Å². The number of carbonyl (C=O) groups is 2. The molecule has 1 atom stereocenters. The predicted molar refractivity (Wildman–Crippen MR) is 146 cm³/mol. The van der Waals surface area contributed by atoms with Crippen molar-refractivity contribution in [1.82, 2.24) is 40.0 Å². The van der Waals surface area contributed by atoms with Gasteiger partial charge in [0.05, 0.1) is 17.8 Å². The molecule has 2 amide bonds. The summed E-state index contributed by atoms with van der Waals surface area (Å²) in [5.74, 6) is -1.30. The van der Waals surface area contributed by atoms with Crippen LogP contribution in [0, 0.1) is 5.82 Å². The van der Waals surface area contributed by atoms with Gasteiger partial charge in [0.25, 0.3) is 5.91 Å². The van der Waals surface area contributed by atoms with E-state index in [0.29, 0.717) is 29.9 Å². The fraction of sp³-hybridized carbons (Fsp3) is 0.250.